The fraction of sp³-hybridized carbons (Fsp3) is 0.800. The van der Waals surface area contributed by atoms with E-state index in [0.717, 1.165) is 0 Å². The molecule has 2 aliphatic heterocycles. The van der Waals surface area contributed by atoms with Crippen molar-refractivity contribution in [3.05, 3.63) is 0 Å². The minimum atomic E-state index is -0.888. The van der Waals surface area contributed by atoms with Gasteiger partial charge in [-0.05, 0) is 20.8 Å². The maximum atomic E-state index is 12.0. The summed E-state index contributed by atoms with van der Waals surface area (Å²) in [5.41, 5.74) is -1.14. The first kappa shape index (κ1) is 16.7. The molecule has 22 heavy (non-hydrogen) atoms. The number of ketones is 1. The summed E-state index contributed by atoms with van der Waals surface area (Å²) >= 11 is 0. The lowest BCUT2D eigenvalue weighted by Crippen LogP contribution is -2.73. The minimum Gasteiger partial charge on any atom is -0.481 e. The van der Waals surface area contributed by atoms with E-state index < -0.39 is 23.2 Å². The molecule has 1 amide bonds. The molecule has 124 valence electrons. The molecule has 0 aromatic rings. The van der Waals surface area contributed by atoms with Crippen molar-refractivity contribution in [1.29, 1.82) is 0 Å². The first-order valence-corrected chi connectivity index (χ1v) is 7.58. The number of amides is 1. The van der Waals surface area contributed by atoms with E-state index in [0.29, 0.717) is 39.0 Å². The number of carboxylic acid groups (broad SMARTS) is 1. The fourth-order valence-electron chi connectivity index (χ4n) is 3.06. The van der Waals surface area contributed by atoms with Crippen LogP contribution in [0.3, 0.4) is 0 Å². The van der Waals surface area contributed by atoms with Crippen molar-refractivity contribution in [2.75, 3.05) is 26.2 Å². The maximum absolute atomic E-state index is 12.0. The van der Waals surface area contributed by atoms with Gasteiger partial charge in [0, 0.05) is 39.0 Å². The van der Waals surface area contributed by atoms with Crippen LogP contribution in [0.5, 0.6) is 0 Å². The van der Waals surface area contributed by atoms with Gasteiger partial charge in [-0.25, -0.2) is 4.79 Å². The summed E-state index contributed by atoms with van der Waals surface area (Å²) in [5.74, 6) is -0.675. The van der Waals surface area contributed by atoms with Gasteiger partial charge in [-0.3, -0.25) is 14.5 Å². The summed E-state index contributed by atoms with van der Waals surface area (Å²) in [4.78, 5) is 38.2. The third kappa shape index (κ3) is 3.76. The Morgan fingerprint density at radius 2 is 1.77 bits per heavy atom. The standard InChI is InChI=1S/C15H24N2O5/c1-14(2,3)22-13(21)16-9-15(10-16,8-12(19)20)17-6-4-11(18)5-7-17/h4-10H2,1-3H3,(H,19,20). The Kier molecular flexibility index (Phi) is 4.47. The van der Waals surface area contributed by atoms with Crippen molar-refractivity contribution in [3.63, 3.8) is 0 Å². The van der Waals surface area contributed by atoms with Crippen LogP contribution >= 0.6 is 0 Å². The summed E-state index contributed by atoms with van der Waals surface area (Å²) in [6, 6.07) is 0. The molecule has 0 aromatic heterocycles. The number of rotatable bonds is 3. The molecule has 0 aromatic carbocycles. The number of carbonyl (C=O) groups is 3. The van der Waals surface area contributed by atoms with E-state index >= 15 is 0 Å². The van der Waals surface area contributed by atoms with Gasteiger partial charge in [-0.2, -0.15) is 0 Å². The van der Waals surface area contributed by atoms with Crippen molar-refractivity contribution in [1.82, 2.24) is 9.80 Å². The predicted molar refractivity (Wildman–Crippen MR) is 78.6 cm³/mol. The largest absolute Gasteiger partial charge is 0.481 e. The lowest BCUT2D eigenvalue weighted by Gasteiger charge is -2.55. The van der Waals surface area contributed by atoms with E-state index in [1.807, 2.05) is 4.90 Å². The van der Waals surface area contributed by atoms with Crippen molar-refractivity contribution in [3.8, 4) is 0 Å². The Morgan fingerprint density at radius 1 is 1.23 bits per heavy atom. The van der Waals surface area contributed by atoms with Crippen LogP contribution in [0.2, 0.25) is 0 Å². The van der Waals surface area contributed by atoms with Gasteiger partial charge in [0.2, 0.25) is 0 Å². The highest BCUT2D eigenvalue weighted by Gasteiger charge is 2.52. The molecular formula is C15H24N2O5. The first-order valence-electron chi connectivity index (χ1n) is 7.58. The Hall–Kier alpha value is -1.63. The molecule has 0 atom stereocenters. The van der Waals surface area contributed by atoms with Crippen LogP contribution in [0.4, 0.5) is 4.79 Å². The highest BCUT2D eigenvalue weighted by molar-refractivity contribution is 5.79. The van der Waals surface area contributed by atoms with Gasteiger partial charge in [-0.1, -0.05) is 0 Å². The summed E-state index contributed by atoms with van der Waals surface area (Å²) in [6.07, 6.45) is 0.462. The fourth-order valence-corrected chi connectivity index (χ4v) is 3.06. The van der Waals surface area contributed by atoms with E-state index in [1.165, 1.54) is 4.90 Å². The predicted octanol–water partition coefficient (Wildman–Crippen LogP) is 1.12. The van der Waals surface area contributed by atoms with Crippen LogP contribution in [0.1, 0.15) is 40.0 Å². The highest BCUT2D eigenvalue weighted by Crippen LogP contribution is 2.34. The molecule has 2 rings (SSSR count). The van der Waals surface area contributed by atoms with Crippen LogP contribution in [0.25, 0.3) is 0 Å². The zero-order chi connectivity index (χ0) is 16.5. The number of piperidine rings is 1. The average molecular weight is 312 g/mol. The van der Waals surface area contributed by atoms with Crippen LogP contribution < -0.4 is 0 Å². The van der Waals surface area contributed by atoms with Gasteiger partial charge in [0.1, 0.15) is 11.4 Å². The zero-order valence-electron chi connectivity index (χ0n) is 13.4. The van der Waals surface area contributed by atoms with Gasteiger partial charge in [-0.15, -0.1) is 0 Å². The molecule has 0 spiro atoms. The number of likely N-dealkylation sites (tertiary alicyclic amines) is 2. The van der Waals surface area contributed by atoms with Gasteiger partial charge in [0.15, 0.2) is 0 Å². The molecule has 0 aliphatic carbocycles. The lowest BCUT2D eigenvalue weighted by molar-refractivity contribution is -0.147. The monoisotopic (exact) mass is 312 g/mol. The van der Waals surface area contributed by atoms with Gasteiger partial charge in [0.25, 0.3) is 0 Å². The van der Waals surface area contributed by atoms with Crippen molar-refractivity contribution < 1.29 is 24.2 Å². The number of carboxylic acids is 1. The topological polar surface area (TPSA) is 87.2 Å². The summed E-state index contributed by atoms with van der Waals surface area (Å²) in [5, 5.41) is 9.18. The Morgan fingerprint density at radius 3 is 2.23 bits per heavy atom. The second-order valence-electron chi connectivity index (χ2n) is 7.16. The van der Waals surface area contributed by atoms with Crippen LogP contribution in [-0.4, -0.2) is 70.1 Å². The molecule has 2 saturated heterocycles. The maximum Gasteiger partial charge on any atom is 0.410 e. The third-order valence-corrected chi connectivity index (χ3v) is 4.09. The molecule has 2 aliphatic rings. The van der Waals surface area contributed by atoms with E-state index in [2.05, 4.69) is 0 Å². The molecule has 2 heterocycles. The van der Waals surface area contributed by atoms with E-state index in [1.54, 1.807) is 20.8 Å². The number of aliphatic carboxylic acids is 1. The number of carbonyl (C=O) groups excluding carboxylic acids is 2. The highest BCUT2D eigenvalue weighted by atomic mass is 16.6. The smallest absolute Gasteiger partial charge is 0.410 e. The third-order valence-electron chi connectivity index (χ3n) is 4.09. The van der Waals surface area contributed by atoms with E-state index in [4.69, 9.17) is 4.74 Å². The summed E-state index contributed by atoms with van der Waals surface area (Å²) in [7, 11) is 0. The molecule has 0 bridgehead atoms. The summed E-state index contributed by atoms with van der Waals surface area (Å²) < 4.78 is 5.31. The zero-order valence-corrected chi connectivity index (χ0v) is 13.4. The first-order chi connectivity index (χ1) is 10.1. The Labute approximate surface area is 130 Å². The van der Waals surface area contributed by atoms with Crippen molar-refractivity contribution in [2.45, 2.75) is 51.2 Å². The van der Waals surface area contributed by atoms with Crippen molar-refractivity contribution >= 4 is 17.8 Å². The molecule has 7 nitrogen and oxygen atoms in total. The summed E-state index contributed by atoms with van der Waals surface area (Å²) in [6.45, 7) is 7.19. The van der Waals surface area contributed by atoms with E-state index in [9.17, 15) is 19.5 Å². The quantitative estimate of drug-likeness (QED) is 0.840. The second-order valence-corrected chi connectivity index (χ2v) is 7.16. The molecule has 7 heteroatoms. The average Bonchev–Trinajstić information content (AvgIpc) is 2.31. The van der Waals surface area contributed by atoms with Gasteiger partial charge in [0.05, 0.1) is 12.0 Å². The van der Waals surface area contributed by atoms with Gasteiger partial charge < -0.3 is 14.7 Å². The molecule has 0 unspecified atom stereocenters. The minimum absolute atomic E-state index is 0.0273. The molecule has 0 saturated carbocycles. The number of Topliss-reactive ketones (excluding diaryl/α,β-unsaturated/α-hetero) is 1. The Bertz CT molecular complexity index is 467. The molecule has 2 fully saturated rings. The molecular weight excluding hydrogens is 288 g/mol. The van der Waals surface area contributed by atoms with Gasteiger partial charge >= 0.3 is 12.1 Å². The molecule has 0 radical (unpaired) electrons. The number of ether oxygens (including phenoxy) is 1. The molecule has 1 N–H and O–H groups in total. The van der Waals surface area contributed by atoms with Crippen molar-refractivity contribution in [2.24, 2.45) is 0 Å². The van der Waals surface area contributed by atoms with Crippen LogP contribution in [0, 0.1) is 0 Å². The second kappa shape index (κ2) is 5.87. The number of hydrogen-bond donors (Lipinski definition) is 1. The SMILES string of the molecule is CC(C)(C)OC(=O)N1CC(CC(=O)O)(N2CCC(=O)CC2)C1. The Balaban J connectivity index is 2.00. The van der Waals surface area contributed by atoms with E-state index in [-0.39, 0.29) is 12.2 Å². The lowest BCUT2D eigenvalue weighted by atomic mass is 9.83. The van der Waals surface area contributed by atoms with Crippen LogP contribution in [-0.2, 0) is 14.3 Å². The number of hydrogen-bond acceptors (Lipinski definition) is 5. The van der Waals surface area contributed by atoms with Crippen LogP contribution in [0.15, 0.2) is 0 Å². The normalized spacial score (nSPS) is 22.1. The number of nitrogens with zero attached hydrogens (tertiary/aromatic N) is 2.